The smallest absolute Gasteiger partial charge is 0.311 e. The van der Waals surface area contributed by atoms with Gasteiger partial charge in [-0.3, -0.25) is 9.78 Å². The van der Waals surface area contributed by atoms with E-state index in [9.17, 15) is 25.2 Å². The minimum atomic E-state index is -1.67. The minimum Gasteiger partial charge on any atom is -0.459 e. The van der Waals surface area contributed by atoms with Crippen LogP contribution >= 0.6 is 0 Å². The van der Waals surface area contributed by atoms with E-state index < -0.39 is 59.5 Å². The van der Waals surface area contributed by atoms with Crippen LogP contribution in [0.1, 0.15) is 114 Å². The van der Waals surface area contributed by atoms with Crippen LogP contribution in [0, 0.1) is 17.8 Å². The first-order valence-corrected chi connectivity index (χ1v) is 23.0. The molecule has 12 atom stereocenters. The number of carbonyl (C=O) groups is 1. The SMILES string of the molecule is CC(C)O.CCC(CC(C)OC)N(C)C.CC[C@H]1OC(=O)C(C)[C@@H](OC)[C@H](C)[C@@H](O)[C@](C)(O)C[C@@H](C)CN(C)C(C)C(O)[C@]1(C)O.COCCCNCc1cnc2ccccc2c1. The topological polar surface area (TPSA) is 187 Å². The Bertz CT molecular complexity index is 1490. The second-order valence-electron chi connectivity index (χ2n) is 18.6. The van der Waals surface area contributed by atoms with Crippen molar-refractivity contribution in [1.29, 1.82) is 0 Å². The molecule has 0 bridgehead atoms. The molecule has 1 saturated heterocycles. The van der Waals surface area contributed by atoms with Gasteiger partial charge in [-0.1, -0.05) is 45.9 Å². The van der Waals surface area contributed by atoms with E-state index in [0.29, 0.717) is 31.5 Å². The summed E-state index contributed by atoms with van der Waals surface area (Å²) in [6.45, 7) is 23.0. The van der Waals surface area contributed by atoms with Crippen LogP contribution < -0.4 is 5.32 Å². The largest absolute Gasteiger partial charge is 0.459 e. The molecule has 1 aromatic heterocycles. The van der Waals surface area contributed by atoms with Gasteiger partial charge in [0, 0.05) is 76.7 Å². The molecule has 0 spiro atoms. The van der Waals surface area contributed by atoms with Gasteiger partial charge in [0.25, 0.3) is 0 Å². The highest BCUT2D eigenvalue weighted by molar-refractivity contribution is 5.78. The highest BCUT2D eigenvalue weighted by atomic mass is 16.6. The molecule has 1 aliphatic rings. The number of likely N-dealkylation sites (N-methyl/N-ethyl adjacent to an activating group) is 1. The molecule has 14 nitrogen and oxygen atoms in total. The standard InChI is InChI=1S/C23H45NO7.C14H18N2O.C9H21NO.C3H8O/c1-10-17-23(7,29)20(26)16(5)24(8)12-13(2)11-22(6,28)19(25)14(3)18(30-9)15(4)21(27)31-17;1-17-8-4-7-15-10-12-9-13-5-2-3-6-14(13)16-11-12;1-6-9(10(3)4)7-8(2)11-5;1-3(2)4/h13-20,25-26,28-29H,10-12H2,1-9H3;2-3,5-6,9,11,15H,4,7-8,10H2,1H3;8-9H,6-7H2,1-5H3;3-4H,1-2H3/t13-,14+,15?,16?,17-,18+,19-,20?,22-,23-;;;/m1.../s1. The molecule has 63 heavy (non-hydrogen) atoms. The van der Waals surface area contributed by atoms with E-state index in [-0.39, 0.29) is 12.0 Å². The number of aromatic nitrogens is 1. The van der Waals surface area contributed by atoms with E-state index in [0.717, 1.165) is 38.1 Å². The number of esters is 1. The molecule has 3 rings (SSSR count). The molecule has 1 aromatic carbocycles. The second-order valence-corrected chi connectivity index (χ2v) is 18.6. The summed E-state index contributed by atoms with van der Waals surface area (Å²) < 4.78 is 21.4. The molecule has 0 aliphatic carbocycles. The van der Waals surface area contributed by atoms with Crippen LogP contribution in [0.3, 0.4) is 0 Å². The van der Waals surface area contributed by atoms with Gasteiger partial charge in [-0.05, 0) is 132 Å². The summed E-state index contributed by atoms with van der Waals surface area (Å²) in [5.41, 5.74) is -0.795. The third-order valence-electron chi connectivity index (χ3n) is 12.1. The summed E-state index contributed by atoms with van der Waals surface area (Å²) in [6, 6.07) is 10.6. The molecule has 0 radical (unpaired) electrons. The number of fused-ring (bicyclic) bond motifs is 1. The second kappa shape index (κ2) is 30.8. The third-order valence-corrected chi connectivity index (χ3v) is 12.1. The van der Waals surface area contributed by atoms with Crippen LogP contribution in [0.2, 0.25) is 0 Å². The number of methoxy groups -OCH3 is 3. The molecular formula is C49H92N4O10. The van der Waals surface area contributed by atoms with Crippen molar-refractivity contribution in [2.45, 2.75) is 175 Å². The van der Waals surface area contributed by atoms with Gasteiger partial charge in [-0.2, -0.15) is 0 Å². The summed E-state index contributed by atoms with van der Waals surface area (Å²) in [5.74, 6) is -1.91. The van der Waals surface area contributed by atoms with E-state index in [1.165, 1.54) is 31.4 Å². The number of nitrogens with one attached hydrogen (secondary N) is 1. The lowest BCUT2D eigenvalue weighted by Gasteiger charge is -2.42. The Morgan fingerprint density at radius 1 is 1.02 bits per heavy atom. The number of aliphatic hydroxyl groups excluding tert-OH is 3. The van der Waals surface area contributed by atoms with Gasteiger partial charge < -0.3 is 59.6 Å². The predicted octanol–water partition coefficient (Wildman–Crippen LogP) is 5.68. The van der Waals surface area contributed by atoms with Crippen molar-refractivity contribution >= 4 is 16.9 Å². The van der Waals surface area contributed by atoms with Gasteiger partial charge in [0.05, 0.1) is 35.3 Å². The Morgan fingerprint density at radius 3 is 2.14 bits per heavy atom. The summed E-state index contributed by atoms with van der Waals surface area (Å²) >= 11 is 0. The Kier molecular flexibility index (Phi) is 29.6. The fourth-order valence-electron chi connectivity index (χ4n) is 8.10. The first-order chi connectivity index (χ1) is 29.4. The van der Waals surface area contributed by atoms with E-state index in [1.807, 2.05) is 43.3 Å². The van der Waals surface area contributed by atoms with Crippen LogP contribution in [0.15, 0.2) is 36.5 Å². The van der Waals surface area contributed by atoms with Gasteiger partial charge in [0.1, 0.15) is 17.8 Å². The minimum absolute atomic E-state index is 0.00940. The number of ether oxygens (including phenoxy) is 4. The van der Waals surface area contributed by atoms with Crippen molar-refractivity contribution in [3.05, 3.63) is 42.1 Å². The molecule has 2 aromatic rings. The van der Waals surface area contributed by atoms with Crippen LogP contribution in [0.25, 0.3) is 10.9 Å². The first kappa shape index (κ1) is 60.7. The maximum absolute atomic E-state index is 12.9. The predicted molar refractivity (Wildman–Crippen MR) is 255 cm³/mol. The van der Waals surface area contributed by atoms with Gasteiger partial charge in [0.15, 0.2) is 0 Å². The van der Waals surface area contributed by atoms with Gasteiger partial charge >= 0.3 is 5.97 Å². The third kappa shape index (κ3) is 21.7. The molecule has 0 saturated carbocycles. The number of rotatable bonds is 13. The fraction of sp³-hybridized carbons (Fsp3) is 0.796. The maximum atomic E-state index is 12.9. The lowest BCUT2D eigenvalue weighted by Crippen LogP contribution is -2.59. The molecule has 1 fully saturated rings. The number of nitrogens with zero attached hydrogens (tertiary/aromatic N) is 3. The Morgan fingerprint density at radius 2 is 1.62 bits per heavy atom. The fourth-order valence-corrected chi connectivity index (χ4v) is 8.10. The average Bonchev–Trinajstić information content (AvgIpc) is 3.23. The first-order valence-electron chi connectivity index (χ1n) is 23.0. The average molecular weight is 897 g/mol. The molecule has 368 valence electrons. The van der Waals surface area contributed by atoms with Crippen molar-refractivity contribution in [2.75, 3.05) is 62.2 Å². The number of carbonyl (C=O) groups excluding carboxylic acids is 1. The molecule has 0 amide bonds. The van der Waals surface area contributed by atoms with Crippen LogP contribution in [0.5, 0.6) is 0 Å². The van der Waals surface area contributed by atoms with Crippen molar-refractivity contribution in [1.82, 2.24) is 20.1 Å². The van der Waals surface area contributed by atoms with Gasteiger partial charge in [-0.15, -0.1) is 0 Å². The highest BCUT2D eigenvalue weighted by Gasteiger charge is 2.47. The zero-order valence-corrected chi connectivity index (χ0v) is 42.3. The zero-order valence-electron chi connectivity index (χ0n) is 42.3. The van der Waals surface area contributed by atoms with Gasteiger partial charge in [-0.25, -0.2) is 0 Å². The summed E-state index contributed by atoms with van der Waals surface area (Å²) in [4.78, 5) is 21.5. The van der Waals surface area contributed by atoms with Crippen molar-refractivity contribution < 1.29 is 49.3 Å². The molecule has 14 heteroatoms. The lowest BCUT2D eigenvalue weighted by atomic mass is 9.78. The number of cyclic esters (lactones) is 1. The monoisotopic (exact) mass is 897 g/mol. The van der Waals surface area contributed by atoms with E-state index in [2.05, 4.69) is 55.3 Å². The van der Waals surface area contributed by atoms with Crippen molar-refractivity contribution in [3.63, 3.8) is 0 Å². The number of pyridine rings is 1. The van der Waals surface area contributed by atoms with Crippen LogP contribution in [-0.2, 0) is 30.3 Å². The summed E-state index contributed by atoms with van der Waals surface area (Å²) in [7, 11) is 11.0. The van der Waals surface area contributed by atoms with Gasteiger partial charge in [0.2, 0.25) is 0 Å². The maximum Gasteiger partial charge on any atom is 0.311 e. The van der Waals surface area contributed by atoms with Crippen LogP contribution in [0.4, 0.5) is 0 Å². The molecule has 5 unspecified atom stereocenters. The summed E-state index contributed by atoms with van der Waals surface area (Å²) in [6.07, 6.45) is 2.21. The highest BCUT2D eigenvalue weighted by Crippen LogP contribution is 2.33. The van der Waals surface area contributed by atoms with E-state index >= 15 is 0 Å². The number of aliphatic hydroxyl groups is 5. The molecular weight excluding hydrogens is 805 g/mol. The number of hydrogen-bond donors (Lipinski definition) is 6. The quantitative estimate of drug-likeness (QED) is 0.107. The van der Waals surface area contributed by atoms with E-state index in [1.54, 1.807) is 62.7 Å². The Hall–Kier alpha value is -2.34. The molecule has 6 N–H and O–H groups in total. The normalized spacial score (nSPS) is 29.7. The number of benzene rings is 1. The molecule has 2 heterocycles. The number of para-hydroxylation sites is 1. The zero-order chi connectivity index (χ0) is 48.7. The lowest BCUT2D eigenvalue weighted by molar-refractivity contribution is -0.194. The van der Waals surface area contributed by atoms with Crippen molar-refractivity contribution in [2.24, 2.45) is 17.8 Å². The van der Waals surface area contributed by atoms with E-state index in [4.69, 9.17) is 24.1 Å². The summed E-state index contributed by atoms with van der Waals surface area (Å²) in [5, 5.41) is 56.8. The Balaban J connectivity index is 0.000000994. The molecule has 1 aliphatic heterocycles. The number of hydrogen-bond acceptors (Lipinski definition) is 14. The Labute approximate surface area is 382 Å². The van der Waals surface area contributed by atoms with Crippen LogP contribution in [-0.4, -0.2) is 168 Å². The van der Waals surface area contributed by atoms with Crippen molar-refractivity contribution in [3.8, 4) is 0 Å².